The molecule has 0 saturated carbocycles. The Morgan fingerprint density at radius 3 is 2.64 bits per heavy atom. The number of carbonyl (C=O) groups is 2. The number of anilines is 2. The summed E-state index contributed by atoms with van der Waals surface area (Å²) >= 11 is 0. The molecule has 1 atom stereocenters. The molecule has 7 nitrogen and oxygen atoms in total. The van der Waals surface area contributed by atoms with Gasteiger partial charge in [0.05, 0.1) is 18.8 Å². The van der Waals surface area contributed by atoms with Gasteiger partial charge in [-0.2, -0.15) is 0 Å². The van der Waals surface area contributed by atoms with E-state index in [4.69, 9.17) is 10.5 Å². The fraction of sp³-hybridized carbons (Fsp3) is 0.467. The summed E-state index contributed by atoms with van der Waals surface area (Å²) in [6.45, 7) is 0.820. The van der Waals surface area contributed by atoms with Gasteiger partial charge < -0.3 is 20.1 Å². The highest BCUT2D eigenvalue weighted by molar-refractivity contribution is 5.95. The van der Waals surface area contributed by atoms with E-state index in [1.54, 1.807) is 0 Å². The third-order valence-corrected chi connectivity index (χ3v) is 4.07. The standard InChI is InChI=1S/C15H16F3N3O4/c16-8-6-9(21-7-10(14(19)22)25-15(21)23)11(17)12(18)13(8)20-2-1-4-24-5-3-20/h6,10H,1-5,7H2,(H2,19,22)/t10-/m1/s1. The molecular weight excluding hydrogens is 343 g/mol. The molecule has 0 radical (unpaired) electrons. The topological polar surface area (TPSA) is 85.1 Å². The molecule has 25 heavy (non-hydrogen) atoms. The van der Waals surface area contributed by atoms with Crippen LogP contribution in [0.1, 0.15) is 6.42 Å². The number of amides is 2. The minimum absolute atomic E-state index is 0.210. The van der Waals surface area contributed by atoms with Gasteiger partial charge in [0.2, 0.25) is 0 Å². The molecule has 2 amide bonds. The molecule has 136 valence electrons. The Bertz CT molecular complexity index is 708. The lowest BCUT2D eigenvalue weighted by molar-refractivity contribution is -0.124. The van der Waals surface area contributed by atoms with Crippen molar-refractivity contribution in [1.82, 2.24) is 0 Å². The van der Waals surface area contributed by atoms with Gasteiger partial charge in [-0.15, -0.1) is 0 Å². The molecule has 2 N–H and O–H groups in total. The van der Waals surface area contributed by atoms with E-state index < -0.39 is 53.5 Å². The van der Waals surface area contributed by atoms with E-state index in [1.165, 1.54) is 4.90 Å². The van der Waals surface area contributed by atoms with Gasteiger partial charge in [0.15, 0.2) is 23.6 Å². The normalized spacial score (nSPS) is 21.2. The van der Waals surface area contributed by atoms with Crippen LogP contribution < -0.4 is 15.5 Å². The monoisotopic (exact) mass is 359 g/mol. The molecule has 2 saturated heterocycles. The first-order valence-corrected chi connectivity index (χ1v) is 7.67. The molecule has 2 aliphatic rings. The second kappa shape index (κ2) is 6.79. The van der Waals surface area contributed by atoms with E-state index in [1.807, 2.05) is 0 Å². The second-order valence-electron chi connectivity index (χ2n) is 5.69. The first-order chi connectivity index (χ1) is 11.9. The van der Waals surface area contributed by atoms with Crippen LogP contribution in [0, 0.1) is 17.5 Å². The van der Waals surface area contributed by atoms with E-state index in [-0.39, 0.29) is 13.2 Å². The molecule has 0 aliphatic carbocycles. The number of hydrogen-bond donors (Lipinski definition) is 1. The molecule has 10 heteroatoms. The SMILES string of the molecule is NC(=O)[C@H]1CN(c2cc(F)c(N3CCCOCC3)c(F)c2F)C(=O)O1. The van der Waals surface area contributed by atoms with Crippen LogP contribution in [0.3, 0.4) is 0 Å². The highest BCUT2D eigenvalue weighted by Gasteiger charge is 2.38. The van der Waals surface area contributed by atoms with Crippen molar-refractivity contribution in [2.75, 3.05) is 42.6 Å². The van der Waals surface area contributed by atoms with E-state index >= 15 is 0 Å². The van der Waals surface area contributed by atoms with Gasteiger partial charge in [-0.05, 0) is 6.42 Å². The van der Waals surface area contributed by atoms with Crippen LogP contribution in [0.4, 0.5) is 29.3 Å². The van der Waals surface area contributed by atoms with Gasteiger partial charge >= 0.3 is 6.09 Å². The number of rotatable bonds is 3. The maximum absolute atomic E-state index is 14.5. The van der Waals surface area contributed by atoms with Crippen LogP contribution in [0.2, 0.25) is 0 Å². The van der Waals surface area contributed by atoms with Crippen molar-refractivity contribution >= 4 is 23.4 Å². The van der Waals surface area contributed by atoms with Crippen LogP contribution in [-0.2, 0) is 14.3 Å². The minimum Gasteiger partial charge on any atom is -0.434 e. The van der Waals surface area contributed by atoms with Gasteiger partial charge in [0.25, 0.3) is 5.91 Å². The molecule has 3 rings (SSSR count). The van der Waals surface area contributed by atoms with E-state index in [2.05, 4.69) is 4.74 Å². The number of primary amides is 1. The van der Waals surface area contributed by atoms with E-state index in [0.29, 0.717) is 30.5 Å². The summed E-state index contributed by atoms with van der Waals surface area (Å²) in [5.41, 5.74) is 3.88. The van der Waals surface area contributed by atoms with Gasteiger partial charge in [-0.1, -0.05) is 0 Å². The van der Waals surface area contributed by atoms with Crippen LogP contribution in [0.5, 0.6) is 0 Å². The number of hydrogen-bond acceptors (Lipinski definition) is 5. The highest BCUT2D eigenvalue weighted by Crippen LogP contribution is 2.34. The predicted molar refractivity (Wildman–Crippen MR) is 80.8 cm³/mol. The van der Waals surface area contributed by atoms with Gasteiger partial charge in [-0.3, -0.25) is 9.69 Å². The number of cyclic esters (lactones) is 1. The summed E-state index contributed by atoms with van der Waals surface area (Å²) in [4.78, 5) is 24.9. The molecule has 1 aromatic carbocycles. The number of halogens is 3. The van der Waals surface area contributed by atoms with Gasteiger partial charge in [0, 0.05) is 25.8 Å². The fourth-order valence-electron chi connectivity index (χ4n) is 2.84. The Labute approximate surface area is 141 Å². The summed E-state index contributed by atoms with van der Waals surface area (Å²) < 4.78 is 53.4. The molecule has 2 aliphatic heterocycles. The molecule has 0 bridgehead atoms. The number of carbonyl (C=O) groups excluding carboxylic acids is 2. The molecule has 0 spiro atoms. The lowest BCUT2D eigenvalue weighted by Crippen LogP contribution is -2.33. The smallest absolute Gasteiger partial charge is 0.415 e. The molecular formula is C15H16F3N3O4. The van der Waals surface area contributed by atoms with Crippen LogP contribution >= 0.6 is 0 Å². The zero-order valence-electron chi connectivity index (χ0n) is 13.1. The summed E-state index contributed by atoms with van der Waals surface area (Å²) in [7, 11) is 0. The third-order valence-electron chi connectivity index (χ3n) is 4.07. The van der Waals surface area contributed by atoms with Crippen LogP contribution in [0.15, 0.2) is 6.07 Å². The number of benzene rings is 1. The maximum Gasteiger partial charge on any atom is 0.415 e. The average molecular weight is 359 g/mol. The number of ether oxygens (including phenoxy) is 2. The second-order valence-corrected chi connectivity index (χ2v) is 5.69. The fourth-order valence-corrected chi connectivity index (χ4v) is 2.84. The maximum atomic E-state index is 14.5. The van der Waals surface area contributed by atoms with Crippen LogP contribution in [-0.4, -0.2) is 51.0 Å². The largest absolute Gasteiger partial charge is 0.434 e. The lowest BCUT2D eigenvalue weighted by atomic mass is 10.2. The Balaban J connectivity index is 1.95. The Kier molecular flexibility index (Phi) is 4.71. The Morgan fingerprint density at radius 2 is 1.96 bits per heavy atom. The van der Waals surface area contributed by atoms with Crippen molar-refractivity contribution in [2.45, 2.75) is 12.5 Å². The van der Waals surface area contributed by atoms with E-state index in [9.17, 15) is 22.8 Å². The summed E-state index contributed by atoms with van der Waals surface area (Å²) in [6.07, 6.45) is -1.86. The van der Waals surface area contributed by atoms with E-state index in [0.717, 1.165) is 0 Å². The first kappa shape index (κ1) is 17.3. The van der Waals surface area contributed by atoms with Crippen molar-refractivity contribution in [2.24, 2.45) is 5.73 Å². The van der Waals surface area contributed by atoms with Gasteiger partial charge in [-0.25, -0.2) is 18.0 Å². The van der Waals surface area contributed by atoms with Crippen molar-refractivity contribution in [1.29, 1.82) is 0 Å². The molecule has 2 heterocycles. The van der Waals surface area contributed by atoms with Crippen molar-refractivity contribution in [3.8, 4) is 0 Å². The third kappa shape index (κ3) is 3.21. The summed E-state index contributed by atoms with van der Waals surface area (Å²) in [5, 5.41) is 0. The zero-order chi connectivity index (χ0) is 18.1. The van der Waals surface area contributed by atoms with Crippen molar-refractivity contribution < 1.29 is 32.2 Å². The molecule has 1 aromatic rings. The minimum atomic E-state index is -1.41. The van der Waals surface area contributed by atoms with Crippen molar-refractivity contribution in [3.63, 3.8) is 0 Å². The predicted octanol–water partition coefficient (Wildman–Crippen LogP) is 1.14. The van der Waals surface area contributed by atoms with Crippen molar-refractivity contribution in [3.05, 3.63) is 23.5 Å². The zero-order valence-corrected chi connectivity index (χ0v) is 13.1. The van der Waals surface area contributed by atoms with Crippen LogP contribution in [0.25, 0.3) is 0 Å². The lowest BCUT2D eigenvalue weighted by Gasteiger charge is -2.25. The summed E-state index contributed by atoms with van der Waals surface area (Å²) in [5.74, 6) is -4.76. The molecule has 0 aromatic heterocycles. The van der Waals surface area contributed by atoms with Gasteiger partial charge in [0.1, 0.15) is 5.69 Å². The summed E-state index contributed by atoms with van der Waals surface area (Å²) in [6, 6.07) is 0.712. The quantitative estimate of drug-likeness (QED) is 0.818. The molecule has 0 unspecified atom stereocenters. The Morgan fingerprint density at radius 1 is 1.20 bits per heavy atom. The first-order valence-electron chi connectivity index (χ1n) is 7.67. The average Bonchev–Trinajstić information content (AvgIpc) is 2.78. The number of nitrogens with two attached hydrogens (primary N) is 1. The highest BCUT2D eigenvalue weighted by atomic mass is 19.2. The number of nitrogens with zero attached hydrogens (tertiary/aromatic N) is 2. The Hall–Kier alpha value is -2.49. The molecule has 2 fully saturated rings.